The van der Waals surface area contributed by atoms with E-state index in [4.69, 9.17) is 0 Å². The van der Waals surface area contributed by atoms with Crippen molar-refractivity contribution in [3.63, 3.8) is 0 Å². The van der Waals surface area contributed by atoms with Crippen LogP contribution in [0.5, 0.6) is 0 Å². The highest BCUT2D eigenvalue weighted by Crippen LogP contribution is 2.22. The first kappa shape index (κ1) is 13.1. The Labute approximate surface area is 111 Å². The number of hydrogen-bond donors (Lipinski definition) is 0. The third kappa shape index (κ3) is 3.30. The molecule has 0 amide bonds. The number of nitrogens with zero attached hydrogens (tertiary/aromatic N) is 1. The van der Waals surface area contributed by atoms with E-state index in [0.29, 0.717) is 11.5 Å². The normalized spacial score (nSPS) is 23.1. The molecule has 0 N–H and O–H groups in total. The van der Waals surface area contributed by atoms with Crippen molar-refractivity contribution in [1.82, 2.24) is 4.90 Å². The Morgan fingerprint density at radius 1 is 1.41 bits per heavy atom. The highest BCUT2D eigenvalue weighted by Gasteiger charge is 2.30. The fourth-order valence-electron chi connectivity index (χ4n) is 2.15. The lowest BCUT2D eigenvalue weighted by Crippen LogP contribution is -2.32. The molecule has 1 aromatic rings. The molecule has 0 aromatic heterocycles. The summed E-state index contributed by atoms with van der Waals surface area (Å²) in [5.74, 6) is 0.631. The zero-order chi connectivity index (χ0) is 12.5. The molecule has 2 rings (SSSR count). The van der Waals surface area contributed by atoms with Crippen LogP contribution in [0.3, 0.4) is 0 Å². The second-order valence-electron chi connectivity index (χ2n) is 4.56. The first-order valence-corrected chi connectivity index (χ1v) is 8.23. The minimum atomic E-state index is -2.80. The Hall–Kier alpha value is -0.390. The van der Waals surface area contributed by atoms with E-state index in [0.717, 1.165) is 17.4 Å². The summed E-state index contributed by atoms with van der Waals surface area (Å²) in [4.78, 5) is 2.13. The van der Waals surface area contributed by atoms with Gasteiger partial charge in [-0.05, 0) is 25.1 Å². The fraction of sp³-hybridized carbons (Fsp3) is 0.500. The van der Waals surface area contributed by atoms with E-state index in [-0.39, 0.29) is 6.04 Å². The Balaban J connectivity index is 2.03. The maximum Gasteiger partial charge on any atom is 0.151 e. The lowest BCUT2D eigenvalue weighted by atomic mass is 10.1. The summed E-state index contributed by atoms with van der Waals surface area (Å²) in [6.45, 7) is 0.779. The van der Waals surface area contributed by atoms with Gasteiger partial charge in [-0.3, -0.25) is 4.90 Å². The van der Waals surface area contributed by atoms with Crippen LogP contribution in [0.1, 0.15) is 12.0 Å². The van der Waals surface area contributed by atoms with Crippen molar-refractivity contribution in [2.24, 2.45) is 0 Å². The van der Waals surface area contributed by atoms with Crippen LogP contribution in [-0.2, 0) is 16.4 Å². The predicted octanol–water partition coefficient (Wildman–Crippen LogP) is 2.07. The van der Waals surface area contributed by atoms with Crippen LogP contribution in [0, 0.1) is 0 Å². The van der Waals surface area contributed by atoms with Gasteiger partial charge in [-0.1, -0.05) is 34.1 Å². The first-order chi connectivity index (χ1) is 7.98. The molecule has 5 heteroatoms. The number of hydrogen-bond acceptors (Lipinski definition) is 3. The second-order valence-corrected chi connectivity index (χ2v) is 7.65. The number of rotatable bonds is 3. The van der Waals surface area contributed by atoms with Gasteiger partial charge in [0.05, 0.1) is 11.5 Å². The van der Waals surface area contributed by atoms with E-state index in [2.05, 4.69) is 26.9 Å². The molecule has 1 atom stereocenters. The molecule has 0 spiro atoms. The van der Waals surface area contributed by atoms with Gasteiger partial charge in [0.2, 0.25) is 0 Å². The molecule has 1 unspecified atom stereocenters. The molecular formula is C12H16BrNO2S. The quantitative estimate of drug-likeness (QED) is 0.856. The summed E-state index contributed by atoms with van der Waals surface area (Å²) in [5, 5.41) is 0. The van der Waals surface area contributed by atoms with E-state index in [9.17, 15) is 8.42 Å². The number of benzene rings is 1. The van der Waals surface area contributed by atoms with Crippen molar-refractivity contribution in [3.05, 3.63) is 34.3 Å². The van der Waals surface area contributed by atoms with Crippen LogP contribution in [0.4, 0.5) is 0 Å². The topological polar surface area (TPSA) is 37.4 Å². The molecule has 1 aliphatic heterocycles. The van der Waals surface area contributed by atoms with E-state index in [1.807, 2.05) is 25.2 Å². The molecule has 0 bridgehead atoms. The van der Waals surface area contributed by atoms with Gasteiger partial charge in [-0.25, -0.2) is 8.42 Å². The standard InChI is InChI=1S/C12H16BrNO2S/c1-14(11-6-7-17(15,16)9-11)8-10-4-2-3-5-12(10)13/h2-5,11H,6-9H2,1H3. The smallest absolute Gasteiger partial charge is 0.151 e. The Morgan fingerprint density at radius 2 is 2.12 bits per heavy atom. The Morgan fingerprint density at radius 3 is 2.71 bits per heavy atom. The third-order valence-electron chi connectivity index (χ3n) is 3.21. The monoisotopic (exact) mass is 317 g/mol. The Bertz CT molecular complexity index is 501. The number of sulfone groups is 1. The lowest BCUT2D eigenvalue weighted by molar-refractivity contribution is 0.253. The van der Waals surface area contributed by atoms with Gasteiger partial charge in [0.1, 0.15) is 0 Å². The summed E-state index contributed by atoms with van der Waals surface area (Å²) in [5.41, 5.74) is 1.19. The molecule has 3 nitrogen and oxygen atoms in total. The van der Waals surface area contributed by atoms with Gasteiger partial charge in [0.25, 0.3) is 0 Å². The lowest BCUT2D eigenvalue weighted by Gasteiger charge is -2.23. The van der Waals surface area contributed by atoms with Gasteiger partial charge in [0, 0.05) is 17.1 Å². The van der Waals surface area contributed by atoms with Crippen LogP contribution >= 0.6 is 15.9 Å². The molecular weight excluding hydrogens is 302 g/mol. The average molecular weight is 318 g/mol. The van der Waals surface area contributed by atoms with Gasteiger partial charge >= 0.3 is 0 Å². The highest BCUT2D eigenvalue weighted by atomic mass is 79.9. The first-order valence-electron chi connectivity index (χ1n) is 5.62. The van der Waals surface area contributed by atoms with Gasteiger partial charge in [-0.15, -0.1) is 0 Å². The largest absolute Gasteiger partial charge is 0.298 e. The molecule has 94 valence electrons. The molecule has 1 aromatic carbocycles. The number of halogens is 1. The SMILES string of the molecule is CN(Cc1ccccc1Br)C1CCS(=O)(=O)C1. The maximum atomic E-state index is 11.4. The molecule has 1 aliphatic rings. The zero-order valence-corrected chi connectivity index (χ0v) is 12.2. The van der Waals surface area contributed by atoms with E-state index in [1.165, 1.54) is 5.56 Å². The fourth-order valence-corrected chi connectivity index (χ4v) is 4.36. The minimum absolute atomic E-state index is 0.159. The van der Waals surface area contributed by atoms with Gasteiger partial charge in [0.15, 0.2) is 9.84 Å². The summed E-state index contributed by atoms with van der Waals surface area (Å²) in [7, 11) is -0.805. The average Bonchev–Trinajstić information content (AvgIpc) is 2.62. The highest BCUT2D eigenvalue weighted by molar-refractivity contribution is 9.10. The van der Waals surface area contributed by atoms with Crippen molar-refractivity contribution in [1.29, 1.82) is 0 Å². The summed E-state index contributed by atoms with van der Waals surface area (Å²) in [6, 6.07) is 8.21. The molecule has 0 saturated carbocycles. The van der Waals surface area contributed by atoms with Gasteiger partial charge in [-0.2, -0.15) is 0 Å². The Kier molecular flexibility index (Phi) is 3.90. The molecule has 0 radical (unpaired) electrons. The van der Waals surface area contributed by atoms with Crippen LogP contribution < -0.4 is 0 Å². The van der Waals surface area contributed by atoms with Crippen LogP contribution in [-0.4, -0.2) is 37.9 Å². The van der Waals surface area contributed by atoms with E-state index < -0.39 is 9.84 Å². The third-order valence-corrected chi connectivity index (χ3v) is 5.73. The summed E-state index contributed by atoms with van der Waals surface area (Å²) >= 11 is 3.51. The van der Waals surface area contributed by atoms with Crippen LogP contribution in [0.25, 0.3) is 0 Å². The van der Waals surface area contributed by atoms with Crippen molar-refractivity contribution < 1.29 is 8.42 Å². The predicted molar refractivity (Wildman–Crippen MR) is 72.7 cm³/mol. The molecule has 1 heterocycles. The van der Waals surface area contributed by atoms with E-state index >= 15 is 0 Å². The summed E-state index contributed by atoms with van der Waals surface area (Å²) < 4.78 is 23.9. The van der Waals surface area contributed by atoms with Crippen LogP contribution in [0.2, 0.25) is 0 Å². The molecule has 1 saturated heterocycles. The molecule has 0 aliphatic carbocycles. The molecule has 1 fully saturated rings. The van der Waals surface area contributed by atoms with E-state index in [1.54, 1.807) is 0 Å². The minimum Gasteiger partial charge on any atom is -0.298 e. The maximum absolute atomic E-state index is 11.4. The summed E-state index contributed by atoms with van der Waals surface area (Å²) in [6.07, 6.45) is 0.753. The van der Waals surface area contributed by atoms with Crippen molar-refractivity contribution in [2.75, 3.05) is 18.6 Å². The molecule has 17 heavy (non-hydrogen) atoms. The zero-order valence-electron chi connectivity index (χ0n) is 9.77. The van der Waals surface area contributed by atoms with Crippen molar-refractivity contribution >= 4 is 25.8 Å². The van der Waals surface area contributed by atoms with Gasteiger partial charge < -0.3 is 0 Å². The van der Waals surface area contributed by atoms with Crippen molar-refractivity contribution in [3.8, 4) is 0 Å². The van der Waals surface area contributed by atoms with Crippen molar-refractivity contribution in [2.45, 2.75) is 19.0 Å². The van der Waals surface area contributed by atoms with Crippen LogP contribution in [0.15, 0.2) is 28.7 Å². The second kappa shape index (κ2) is 5.08.